The second-order valence-corrected chi connectivity index (χ2v) is 13.4. The van der Waals surface area contributed by atoms with E-state index in [9.17, 15) is 0 Å². The van der Waals surface area contributed by atoms with Crippen LogP contribution in [0.1, 0.15) is 192 Å². The lowest BCUT2D eigenvalue weighted by Gasteiger charge is -2.39. The first kappa shape index (κ1) is 35.6. The maximum Gasteiger partial charge on any atom is -0.000666 e. The van der Waals surface area contributed by atoms with Crippen LogP contribution < -0.4 is 0 Å². The Balaban J connectivity index is 1.86. The summed E-state index contributed by atoms with van der Waals surface area (Å²) >= 11 is 0. The third-order valence-electron chi connectivity index (χ3n) is 9.80. The van der Waals surface area contributed by atoms with Gasteiger partial charge in [-0.05, 0) is 35.3 Å². The topological polar surface area (TPSA) is 0 Å². The van der Waals surface area contributed by atoms with Gasteiger partial charge in [0.15, 0.2) is 0 Å². The molecule has 0 radical (unpaired) electrons. The van der Waals surface area contributed by atoms with Gasteiger partial charge in [0.1, 0.15) is 0 Å². The molecule has 2 rings (SSSR count). The number of benzene rings is 2. The van der Waals surface area contributed by atoms with E-state index in [0.717, 1.165) is 0 Å². The lowest BCUT2D eigenvalue weighted by atomic mass is 9.64. The second kappa shape index (κ2) is 23.9. The molecule has 0 bridgehead atoms. The van der Waals surface area contributed by atoms with Gasteiger partial charge in [0.25, 0.3) is 0 Å². The average Bonchev–Trinajstić information content (AvgIpc) is 3.01. The molecule has 232 valence electrons. The predicted octanol–water partition coefficient (Wildman–Crippen LogP) is 14.1. The molecule has 0 aromatic heterocycles. The highest BCUT2D eigenvalue weighted by Gasteiger charge is 2.36. The average molecular weight is 561 g/mol. The molecule has 2 atom stereocenters. The van der Waals surface area contributed by atoms with Gasteiger partial charge >= 0.3 is 0 Å². The molecular weight excluding hydrogens is 492 g/mol. The van der Waals surface area contributed by atoms with E-state index in [-0.39, 0.29) is 5.41 Å². The van der Waals surface area contributed by atoms with E-state index in [1.807, 2.05) is 0 Å². The van der Waals surface area contributed by atoms with Crippen LogP contribution in [0.2, 0.25) is 0 Å². The summed E-state index contributed by atoms with van der Waals surface area (Å²) in [6, 6.07) is 23.1. The van der Waals surface area contributed by atoms with E-state index >= 15 is 0 Å². The molecule has 0 saturated heterocycles. The fraction of sp³-hybridized carbons (Fsp3) is 0.707. The summed E-state index contributed by atoms with van der Waals surface area (Å²) in [4.78, 5) is 0. The highest BCUT2D eigenvalue weighted by Crippen LogP contribution is 2.46. The van der Waals surface area contributed by atoms with Gasteiger partial charge in [-0.3, -0.25) is 0 Å². The number of unbranched alkanes of at least 4 members (excludes halogenated alkanes) is 20. The molecule has 41 heavy (non-hydrogen) atoms. The van der Waals surface area contributed by atoms with Crippen LogP contribution in [0.5, 0.6) is 0 Å². The maximum absolute atomic E-state index is 2.59. The Labute approximate surface area is 257 Å². The van der Waals surface area contributed by atoms with Gasteiger partial charge in [0.2, 0.25) is 0 Å². The lowest BCUT2D eigenvalue weighted by molar-refractivity contribution is 0.312. The number of hydrogen-bond donors (Lipinski definition) is 0. The minimum atomic E-state index is 0.195. The summed E-state index contributed by atoms with van der Waals surface area (Å²) in [5.41, 5.74) is 3.29. The second-order valence-electron chi connectivity index (χ2n) is 13.4. The normalized spacial score (nSPS) is 13.7. The van der Waals surface area contributed by atoms with Crippen LogP contribution in [0.15, 0.2) is 60.7 Å². The van der Waals surface area contributed by atoms with Crippen LogP contribution in [0.25, 0.3) is 0 Å². The Morgan fingerprint density at radius 1 is 0.439 bits per heavy atom. The van der Waals surface area contributed by atoms with Crippen molar-refractivity contribution < 1.29 is 0 Å². The van der Waals surface area contributed by atoms with Gasteiger partial charge in [-0.2, -0.15) is 0 Å². The Hall–Kier alpha value is -1.56. The molecule has 2 aromatic rings. The molecule has 2 aromatic carbocycles. The monoisotopic (exact) mass is 561 g/mol. The SMILES string of the molecule is CCCCCCCCCCCCCC(c1ccccc1)C(C)(CCCCCCCCCCCCC)c1ccccc1. The zero-order valence-electron chi connectivity index (χ0n) is 27.8. The van der Waals surface area contributed by atoms with Crippen molar-refractivity contribution in [1.82, 2.24) is 0 Å². The summed E-state index contributed by atoms with van der Waals surface area (Å²) in [5, 5.41) is 0. The minimum Gasteiger partial charge on any atom is -0.0654 e. The first-order valence-electron chi connectivity index (χ1n) is 18.3. The van der Waals surface area contributed by atoms with Crippen molar-refractivity contribution in [1.29, 1.82) is 0 Å². The molecule has 0 nitrogen and oxygen atoms in total. The van der Waals surface area contributed by atoms with Crippen molar-refractivity contribution in [3.8, 4) is 0 Å². The summed E-state index contributed by atoms with van der Waals surface area (Å²) in [6.45, 7) is 7.21. The number of rotatable bonds is 27. The van der Waals surface area contributed by atoms with Crippen molar-refractivity contribution in [2.75, 3.05) is 0 Å². The zero-order chi connectivity index (χ0) is 29.3. The molecule has 2 unspecified atom stereocenters. The first-order chi connectivity index (χ1) is 20.2. The van der Waals surface area contributed by atoms with Gasteiger partial charge in [-0.15, -0.1) is 0 Å². The highest BCUT2D eigenvalue weighted by atomic mass is 14.4. The molecule has 0 heteroatoms. The molecule has 0 heterocycles. The fourth-order valence-corrected chi connectivity index (χ4v) is 7.05. The van der Waals surface area contributed by atoms with Gasteiger partial charge in [0.05, 0.1) is 0 Å². The van der Waals surface area contributed by atoms with Crippen LogP contribution in [0, 0.1) is 0 Å². The first-order valence-corrected chi connectivity index (χ1v) is 18.3. The van der Waals surface area contributed by atoms with Gasteiger partial charge in [0, 0.05) is 0 Å². The Morgan fingerprint density at radius 3 is 1.24 bits per heavy atom. The molecular formula is C41H68. The minimum absolute atomic E-state index is 0.195. The van der Waals surface area contributed by atoms with E-state index in [1.54, 1.807) is 11.1 Å². The molecule has 0 amide bonds. The van der Waals surface area contributed by atoms with Crippen LogP contribution >= 0.6 is 0 Å². The van der Waals surface area contributed by atoms with E-state index in [1.165, 1.54) is 154 Å². The quantitative estimate of drug-likeness (QED) is 0.0953. The van der Waals surface area contributed by atoms with Crippen molar-refractivity contribution in [3.63, 3.8) is 0 Å². The van der Waals surface area contributed by atoms with Crippen LogP contribution in [0.4, 0.5) is 0 Å². The van der Waals surface area contributed by atoms with Crippen molar-refractivity contribution in [2.45, 2.75) is 186 Å². The third kappa shape index (κ3) is 15.5. The molecule has 0 spiro atoms. The Bertz CT molecular complexity index is 808. The summed E-state index contributed by atoms with van der Waals surface area (Å²) < 4.78 is 0. The van der Waals surface area contributed by atoms with Crippen molar-refractivity contribution in [2.24, 2.45) is 0 Å². The lowest BCUT2D eigenvalue weighted by Crippen LogP contribution is -2.31. The summed E-state index contributed by atoms with van der Waals surface area (Å²) in [6.07, 6.45) is 33.8. The van der Waals surface area contributed by atoms with E-state index in [2.05, 4.69) is 81.4 Å². The summed E-state index contributed by atoms with van der Waals surface area (Å²) in [7, 11) is 0. The van der Waals surface area contributed by atoms with Crippen molar-refractivity contribution in [3.05, 3.63) is 71.8 Å². The van der Waals surface area contributed by atoms with Gasteiger partial charge in [-0.1, -0.05) is 223 Å². The Kier molecular flexibility index (Phi) is 20.8. The molecule has 0 saturated carbocycles. The van der Waals surface area contributed by atoms with E-state index < -0.39 is 0 Å². The molecule has 0 aliphatic carbocycles. The van der Waals surface area contributed by atoms with Crippen LogP contribution in [-0.4, -0.2) is 0 Å². The number of hydrogen-bond acceptors (Lipinski definition) is 0. The predicted molar refractivity (Wildman–Crippen MR) is 185 cm³/mol. The van der Waals surface area contributed by atoms with E-state index in [0.29, 0.717) is 5.92 Å². The fourth-order valence-electron chi connectivity index (χ4n) is 7.05. The summed E-state index contributed by atoms with van der Waals surface area (Å²) in [5.74, 6) is 0.591. The largest absolute Gasteiger partial charge is 0.0654 e. The zero-order valence-corrected chi connectivity index (χ0v) is 27.8. The Morgan fingerprint density at radius 2 is 0.805 bits per heavy atom. The molecule has 0 N–H and O–H groups in total. The molecule has 0 fully saturated rings. The molecule has 0 aliphatic heterocycles. The van der Waals surface area contributed by atoms with Gasteiger partial charge in [-0.25, -0.2) is 0 Å². The van der Waals surface area contributed by atoms with Crippen molar-refractivity contribution >= 4 is 0 Å². The maximum atomic E-state index is 2.59. The molecule has 0 aliphatic rings. The third-order valence-corrected chi connectivity index (χ3v) is 9.80. The smallest absolute Gasteiger partial charge is 0.000666 e. The van der Waals surface area contributed by atoms with Crippen LogP contribution in [0.3, 0.4) is 0 Å². The standard InChI is InChI=1S/C41H68/c1-4-6-8-10-12-14-16-18-20-22-30-36-40(38-32-26-24-27-33-38)41(3,39-34-28-25-29-35-39)37-31-23-21-19-17-15-13-11-9-7-5-2/h24-29,32-35,40H,4-23,30-31,36-37H2,1-3H3. The van der Waals surface area contributed by atoms with E-state index in [4.69, 9.17) is 0 Å². The highest BCUT2D eigenvalue weighted by molar-refractivity contribution is 5.33. The van der Waals surface area contributed by atoms with Crippen LogP contribution in [-0.2, 0) is 5.41 Å². The van der Waals surface area contributed by atoms with Gasteiger partial charge < -0.3 is 0 Å².